The van der Waals surface area contributed by atoms with Gasteiger partial charge in [0.1, 0.15) is 0 Å². The highest BCUT2D eigenvalue weighted by Crippen LogP contribution is 2.36. The molecule has 3 N–H and O–H groups in total. The smallest absolute Gasteiger partial charge is 0.264 e. The third-order valence-electron chi connectivity index (χ3n) is 5.83. The van der Waals surface area contributed by atoms with Crippen molar-refractivity contribution < 1.29 is 9.59 Å². The lowest BCUT2D eigenvalue weighted by Crippen LogP contribution is -2.48. The predicted molar refractivity (Wildman–Crippen MR) is 120 cm³/mol. The Labute approximate surface area is 182 Å². The van der Waals surface area contributed by atoms with E-state index in [1.54, 1.807) is 23.5 Å². The number of nitrogens with zero attached hydrogens (tertiary/aromatic N) is 2. The van der Waals surface area contributed by atoms with E-state index in [9.17, 15) is 9.59 Å². The molecule has 2 atom stereocenters. The van der Waals surface area contributed by atoms with E-state index in [1.807, 2.05) is 29.3 Å². The van der Waals surface area contributed by atoms with Crippen LogP contribution in [-0.4, -0.2) is 40.8 Å². The first kappa shape index (κ1) is 19.4. The van der Waals surface area contributed by atoms with Crippen LogP contribution < -0.4 is 11.1 Å². The van der Waals surface area contributed by atoms with E-state index in [2.05, 4.69) is 22.4 Å². The van der Waals surface area contributed by atoms with Gasteiger partial charge in [0.25, 0.3) is 5.91 Å². The number of aromatic nitrogens is 1. The van der Waals surface area contributed by atoms with Gasteiger partial charge in [-0.25, -0.2) is 4.98 Å². The Kier molecular flexibility index (Phi) is 5.14. The molecule has 1 aromatic carbocycles. The summed E-state index contributed by atoms with van der Waals surface area (Å²) in [7, 11) is 0. The van der Waals surface area contributed by atoms with Crippen molar-refractivity contribution in [1.29, 1.82) is 0 Å². The van der Waals surface area contributed by atoms with E-state index in [0.29, 0.717) is 23.0 Å². The maximum Gasteiger partial charge on any atom is 0.264 e. The number of rotatable bonds is 5. The number of carbonyl (C=O) groups excluding carboxylic acids is 2. The first-order valence-corrected chi connectivity index (χ1v) is 11.7. The SMILES string of the molecule is N[C@H]1CC[C@H]1C(=O)Nc1ccc(C(=O)N2CC(c3ncc(-c4ccccc4)s3)C2)s1. The molecule has 5 rings (SSSR count). The van der Waals surface area contributed by atoms with Gasteiger partial charge in [0.15, 0.2) is 0 Å². The summed E-state index contributed by atoms with van der Waals surface area (Å²) < 4.78 is 0. The van der Waals surface area contributed by atoms with Gasteiger partial charge in [0.05, 0.1) is 25.7 Å². The molecule has 2 fully saturated rings. The quantitative estimate of drug-likeness (QED) is 0.634. The number of thiazole rings is 1. The van der Waals surface area contributed by atoms with Gasteiger partial charge in [0.2, 0.25) is 5.91 Å². The van der Waals surface area contributed by atoms with Crippen LogP contribution in [0.4, 0.5) is 5.00 Å². The van der Waals surface area contributed by atoms with E-state index >= 15 is 0 Å². The van der Waals surface area contributed by atoms with E-state index in [1.165, 1.54) is 16.9 Å². The molecule has 1 saturated heterocycles. The number of nitrogens with two attached hydrogens (primary N) is 1. The minimum Gasteiger partial charge on any atom is -0.336 e. The first-order valence-electron chi connectivity index (χ1n) is 10.0. The van der Waals surface area contributed by atoms with E-state index in [-0.39, 0.29) is 29.7 Å². The lowest BCUT2D eigenvalue weighted by molar-refractivity contribution is -0.122. The van der Waals surface area contributed by atoms with Gasteiger partial charge < -0.3 is 16.0 Å². The van der Waals surface area contributed by atoms with Crippen LogP contribution >= 0.6 is 22.7 Å². The molecule has 2 amide bonds. The summed E-state index contributed by atoms with van der Waals surface area (Å²) in [5, 5.41) is 4.68. The van der Waals surface area contributed by atoms with Gasteiger partial charge in [-0.15, -0.1) is 22.7 Å². The summed E-state index contributed by atoms with van der Waals surface area (Å²) in [4.78, 5) is 33.2. The topological polar surface area (TPSA) is 88.3 Å². The molecule has 0 radical (unpaired) electrons. The van der Waals surface area contributed by atoms with Crippen molar-refractivity contribution >= 4 is 39.5 Å². The standard InChI is InChI=1S/C22H22N4O2S2/c23-16-7-6-15(16)20(27)25-19-9-8-17(29-19)22(28)26-11-14(12-26)21-24-10-18(30-21)13-4-2-1-3-5-13/h1-5,8-10,14-16H,6-7,11-12,23H2,(H,25,27)/t15-,16+/m1/s1. The Morgan fingerprint density at radius 1 is 1.07 bits per heavy atom. The highest BCUT2D eigenvalue weighted by atomic mass is 32.1. The molecule has 3 aromatic rings. The van der Waals surface area contributed by atoms with Crippen molar-refractivity contribution in [1.82, 2.24) is 9.88 Å². The molecule has 30 heavy (non-hydrogen) atoms. The molecule has 0 unspecified atom stereocenters. The van der Waals surface area contributed by atoms with Crippen LogP contribution in [0.3, 0.4) is 0 Å². The number of carbonyl (C=O) groups is 2. The molecule has 6 nitrogen and oxygen atoms in total. The third-order valence-corrected chi connectivity index (χ3v) is 8.03. The molecular weight excluding hydrogens is 416 g/mol. The summed E-state index contributed by atoms with van der Waals surface area (Å²) in [6, 6.07) is 13.8. The van der Waals surface area contributed by atoms with Crippen molar-refractivity contribution in [3.05, 3.63) is 58.5 Å². The molecule has 8 heteroatoms. The molecular formula is C22H22N4O2S2. The number of anilines is 1. The molecule has 3 heterocycles. The van der Waals surface area contributed by atoms with Gasteiger partial charge >= 0.3 is 0 Å². The average Bonchev–Trinajstić information content (AvgIpc) is 3.36. The van der Waals surface area contributed by atoms with Crippen molar-refractivity contribution in [3.8, 4) is 10.4 Å². The zero-order valence-electron chi connectivity index (χ0n) is 16.3. The van der Waals surface area contributed by atoms with Crippen LogP contribution in [0.1, 0.15) is 33.4 Å². The van der Waals surface area contributed by atoms with Crippen molar-refractivity contribution in [2.24, 2.45) is 11.7 Å². The van der Waals surface area contributed by atoms with Crippen LogP contribution in [0.25, 0.3) is 10.4 Å². The van der Waals surface area contributed by atoms with Gasteiger partial charge in [-0.2, -0.15) is 0 Å². The fourth-order valence-corrected chi connectivity index (χ4v) is 5.64. The minimum atomic E-state index is -0.110. The van der Waals surface area contributed by atoms with Crippen molar-refractivity contribution in [2.45, 2.75) is 24.8 Å². The number of hydrogen-bond donors (Lipinski definition) is 2. The number of nitrogens with one attached hydrogen (secondary N) is 1. The number of likely N-dealkylation sites (tertiary alicyclic amines) is 1. The minimum absolute atomic E-state index is 0.0110. The highest BCUT2D eigenvalue weighted by molar-refractivity contribution is 7.18. The summed E-state index contributed by atoms with van der Waals surface area (Å²) in [5.74, 6) is 0.144. The lowest BCUT2D eigenvalue weighted by Gasteiger charge is -2.37. The van der Waals surface area contributed by atoms with E-state index in [0.717, 1.165) is 22.7 Å². The molecule has 1 aliphatic heterocycles. The number of thiophene rings is 1. The fourth-order valence-electron chi connectivity index (χ4n) is 3.75. The number of hydrogen-bond acceptors (Lipinski definition) is 6. The molecule has 154 valence electrons. The van der Waals surface area contributed by atoms with Gasteiger partial charge in [0, 0.05) is 31.2 Å². The molecule has 2 aliphatic rings. The zero-order valence-corrected chi connectivity index (χ0v) is 17.9. The van der Waals surface area contributed by atoms with E-state index in [4.69, 9.17) is 5.73 Å². The Morgan fingerprint density at radius 3 is 2.57 bits per heavy atom. The monoisotopic (exact) mass is 438 g/mol. The lowest BCUT2D eigenvalue weighted by atomic mass is 9.79. The second-order valence-electron chi connectivity index (χ2n) is 7.84. The molecule has 2 aromatic heterocycles. The Morgan fingerprint density at radius 2 is 1.87 bits per heavy atom. The van der Waals surface area contributed by atoms with Gasteiger partial charge in [-0.1, -0.05) is 30.3 Å². The highest BCUT2D eigenvalue weighted by Gasteiger charge is 2.36. The molecule has 1 aliphatic carbocycles. The predicted octanol–water partition coefficient (Wildman–Crippen LogP) is 3.79. The fraction of sp³-hybridized carbons (Fsp3) is 0.318. The maximum absolute atomic E-state index is 12.8. The largest absolute Gasteiger partial charge is 0.336 e. The summed E-state index contributed by atoms with van der Waals surface area (Å²) in [6.07, 6.45) is 3.65. The summed E-state index contributed by atoms with van der Waals surface area (Å²) in [5.41, 5.74) is 7.04. The maximum atomic E-state index is 12.8. The van der Waals surface area contributed by atoms with Gasteiger partial charge in [-0.3, -0.25) is 9.59 Å². The van der Waals surface area contributed by atoms with Crippen molar-refractivity contribution in [3.63, 3.8) is 0 Å². The average molecular weight is 439 g/mol. The molecule has 1 saturated carbocycles. The molecule has 0 bridgehead atoms. The van der Waals surface area contributed by atoms with Crippen LogP contribution in [0.5, 0.6) is 0 Å². The van der Waals surface area contributed by atoms with Gasteiger partial charge in [-0.05, 0) is 30.5 Å². The Hall–Kier alpha value is -2.55. The Balaban J connectivity index is 1.17. The summed E-state index contributed by atoms with van der Waals surface area (Å²) >= 11 is 3.02. The second kappa shape index (κ2) is 7.94. The number of benzene rings is 1. The van der Waals surface area contributed by atoms with Crippen LogP contribution in [0.2, 0.25) is 0 Å². The van der Waals surface area contributed by atoms with Crippen molar-refractivity contribution in [2.75, 3.05) is 18.4 Å². The first-order chi connectivity index (χ1) is 14.6. The summed E-state index contributed by atoms with van der Waals surface area (Å²) in [6.45, 7) is 1.36. The number of amides is 2. The third kappa shape index (κ3) is 3.66. The zero-order chi connectivity index (χ0) is 20.7. The van der Waals surface area contributed by atoms with Crippen LogP contribution in [0.15, 0.2) is 48.7 Å². The second-order valence-corrected chi connectivity index (χ2v) is 9.98. The normalized spacial score (nSPS) is 21.0. The molecule has 0 spiro atoms. The van der Waals surface area contributed by atoms with Crippen LogP contribution in [0, 0.1) is 5.92 Å². The van der Waals surface area contributed by atoms with E-state index < -0.39 is 0 Å². The Bertz CT molecular complexity index is 1070. The van der Waals surface area contributed by atoms with Crippen LogP contribution in [-0.2, 0) is 4.79 Å².